The summed E-state index contributed by atoms with van der Waals surface area (Å²) in [6.07, 6.45) is -1.06. The van der Waals surface area contributed by atoms with Gasteiger partial charge >= 0.3 is 0 Å². The predicted molar refractivity (Wildman–Crippen MR) is 75.7 cm³/mol. The second-order valence-corrected chi connectivity index (χ2v) is 5.81. The molecule has 21 heavy (non-hydrogen) atoms. The highest BCUT2D eigenvalue weighted by molar-refractivity contribution is 6.02. The number of alkyl halides is 2. The van der Waals surface area contributed by atoms with Crippen molar-refractivity contribution in [3.63, 3.8) is 0 Å². The van der Waals surface area contributed by atoms with Crippen LogP contribution in [0.5, 0.6) is 0 Å². The van der Waals surface area contributed by atoms with Gasteiger partial charge < -0.3 is 9.88 Å². The average molecular weight is 296 g/mol. The summed E-state index contributed by atoms with van der Waals surface area (Å²) in [6, 6.07) is 4.79. The van der Waals surface area contributed by atoms with Crippen LogP contribution < -0.4 is 5.32 Å². The number of nitrogens with one attached hydrogen (secondary N) is 2. The molecule has 7 heteroatoms. The molecule has 0 aliphatic carbocycles. The molecule has 114 valence electrons. The van der Waals surface area contributed by atoms with Crippen LogP contribution in [0.15, 0.2) is 24.4 Å². The molecule has 0 fully saturated rings. The highest BCUT2D eigenvalue weighted by Gasteiger charge is 2.19. The molecule has 2 aromatic heterocycles. The Morgan fingerprint density at radius 2 is 2.19 bits per heavy atom. The molecule has 0 aliphatic rings. The minimum absolute atomic E-state index is 0.119. The van der Waals surface area contributed by atoms with Gasteiger partial charge in [-0.1, -0.05) is 20.8 Å². The van der Waals surface area contributed by atoms with E-state index in [2.05, 4.69) is 15.5 Å². The molecule has 0 spiro atoms. The summed E-state index contributed by atoms with van der Waals surface area (Å²) in [5.41, 5.74) is 0.933. The van der Waals surface area contributed by atoms with Gasteiger partial charge in [-0.05, 0) is 12.1 Å². The lowest BCUT2D eigenvalue weighted by Crippen LogP contribution is -2.19. The average Bonchev–Trinajstić information content (AvgIpc) is 2.96. The lowest BCUT2D eigenvalue weighted by atomic mass is 9.92. The summed E-state index contributed by atoms with van der Waals surface area (Å²) in [4.78, 5) is 12.1. The van der Waals surface area contributed by atoms with Gasteiger partial charge in [0.2, 0.25) is 0 Å². The van der Waals surface area contributed by atoms with Gasteiger partial charge in [-0.3, -0.25) is 9.89 Å². The summed E-state index contributed by atoms with van der Waals surface area (Å²) in [5, 5.41) is 9.46. The van der Waals surface area contributed by atoms with E-state index in [4.69, 9.17) is 0 Å². The van der Waals surface area contributed by atoms with Crippen molar-refractivity contribution in [3.8, 4) is 0 Å². The second-order valence-electron chi connectivity index (χ2n) is 5.81. The summed E-state index contributed by atoms with van der Waals surface area (Å²) >= 11 is 0. The number of aromatic amines is 1. The fourth-order valence-electron chi connectivity index (χ4n) is 1.88. The van der Waals surface area contributed by atoms with Crippen molar-refractivity contribution >= 4 is 11.7 Å². The maximum Gasteiger partial charge on any atom is 0.273 e. The Morgan fingerprint density at radius 3 is 2.76 bits per heavy atom. The molecule has 0 atom stereocenters. The molecular weight excluding hydrogens is 278 g/mol. The number of aromatic nitrogens is 3. The van der Waals surface area contributed by atoms with E-state index in [0.29, 0.717) is 5.82 Å². The number of H-pyrrole nitrogens is 1. The van der Waals surface area contributed by atoms with Crippen molar-refractivity contribution in [1.29, 1.82) is 0 Å². The number of hydrogen-bond acceptors (Lipinski definition) is 2. The van der Waals surface area contributed by atoms with E-state index < -0.39 is 18.9 Å². The largest absolute Gasteiger partial charge is 0.338 e. The van der Waals surface area contributed by atoms with Crippen LogP contribution in [0.2, 0.25) is 0 Å². The van der Waals surface area contributed by atoms with E-state index in [1.54, 1.807) is 12.1 Å². The second kappa shape index (κ2) is 5.67. The molecule has 2 N–H and O–H groups in total. The van der Waals surface area contributed by atoms with E-state index in [1.807, 2.05) is 20.8 Å². The fourth-order valence-corrected chi connectivity index (χ4v) is 1.88. The van der Waals surface area contributed by atoms with Gasteiger partial charge in [-0.15, -0.1) is 0 Å². The molecular formula is C14H18F2N4O. The molecule has 2 aromatic rings. The third kappa shape index (κ3) is 3.68. The molecule has 0 aliphatic heterocycles. The molecule has 2 heterocycles. The number of anilines is 1. The zero-order valence-electron chi connectivity index (χ0n) is 12.2. The molecule has 1 amide bonds. The number of hydrogen-bond donors (Lipinski definition) is 2. The first kappa shape index (κ1) is 15.2. The van der Waals surface area contributed by atoms with Crippen molar-refractivity contribution in [2.45, 2.75) is 39.2 Å². The van der Waals surface area contributed by atoms with Crippen molar-refractivity contribution in [1.82, 2.24) is 14.8 Å². The molecule has 0 aromatic carbocycles. The predicted octanol–water partition coefficient (Wildman–Crippen LogP) is 3.03. The van der Waals surface area contributed by atoms with Crippen LogP contribution in [-0.4, -0.2) is 27.1 Å². The number of halogens is 2. The minimum Gasteiger partial charge on any atom is -0.338 e. The zero-order valence-corrected chi connectivity index (χ0v) is 12.2. The maximum absolute atomic E-state index is 12.4. The van der Waals surface area contributed by atoms with Crippen LogP contribution in [0, 0.1) is 0 Å². The van der Waals surface area contributed by atoms with Crippen LogP contribution in [0.25, 0.3) is 0 Å². The standard InChI is InChI=1S/C14H18F2N4O/c1-14(2,3)10-7-12(19-18-10)17-13(21)9-5-4-6-20(9)8-11(15)16/h4-7,11H,8H2,1-3H3,(H2,17,18,19,21). The van der Waals surface area contributed by atoms with E-state index in [0.717, 1.165) is 5.69 Å². The van der Waals surface area contributed by atoms with E-state index >= 15 is 0 Å². The Labute approximate surface area is 121 Å². The van der Waals surface area contributed by atoms with Crippen LogP contribution >= 0.6 is 0 Å². The van der Waals surface area contributed by atoms with Gasteiger partial charge in [0.15, 0.2) is 5.82 Å². The van der Waals surface area contributed by atoms with Gasteiger partial charge in [0.05, 0.1) is 6.54 Å². The monoisotopic (exact) mass is 296 g/mol. The van der Waals surface area contributed by atoms with E-state index in [-0.39, 0.29) is 11.1 Å². The first-order chi connectivity index (χ1) is 9.77. The zero-order chi connectivity index (χ0) is 15.6. The maximum atomic E-state index is 12.4. The summed E-state index contributed by atoms with van der Waals surface area (Å²) in [7, 11) is 0. The smallest absolute Gasteiger partial charge is 0.273 e. The molecule has 0 bridgehead atoms. The van der Waals surface area contributed by atoms with Gasteiger partial charge in [-0.25, -0.2) is 8.78 Å². The lowest BCUT2D eigenvalue weighted by Gasteiger charge is -2.14. The van der Waals surface area contributed by atoms with E-state index in [1.165, 1.54) is 16.8 Å². The Morgan fingerprint density at radius 1 is 1.48 bits per heavy atom. The molecule has 0 unspecified atom stereocenters. The van der Waals surface area contributed by atoms with Crippen LogP contribution in [0.3, 0.4) is 0 Å². The first-order valence-electron chi connectivity index (χ1n) is 6.58. The Hall–Kier alpha value is -2.18. The van der Waals surface area contributed by atoms with Crippen molar-refractivity contribution in [2.24, 2.45) is 0 Å². The Kier molecular flexibility index (Phi) is 4.11. The Balaban J connectivity index is 2.12. The normalized spacial score (nSPS) is 11.9. The molecule has 0 saturated heterocycles. The van der Waals surface area contributed by atoms with Gasteiger partial charge in [0.25, 0.3) is 12.3 Å². The van der Waals surface area contributed by atoms with Crippen molar-refractivity contribution in [3.05, 3.63) is 35.8 Å². The summed E-state index contributed by atoms with van der Waals surface area (Å²) in [6.45, 7) is 5.53. The van der Waals surface area contributed by atoms with Crippen LogP contribution in [-0.2, 0) is 12.0 Å². The quantitative estimate of drug-likeness (QED) is 0.911. The number of nitrogens with zero attached hydrogens (tertiary/aromatic N) is 2. The minimum atomic E-state index is -2.51. The number of rotatable bonds is 4. The molecule has 0 saturated carbocycles. The van der Waals surface area contributed by atoms with Crippen molar-refractivity contribution < 1.29 is 13.6 Å². The van der Waals surface area contributed by atoms with Gasteiger partial charge in [-0.2, -0.15) is 5.10 Å². The number of amides is 1. The Bertz CT molecular complexity index is 625. The highest BCUT2D eigenvalue weighted by atomic mass is 19.3. The third-order valence-electron chi connectivity index (χ3n) is 3.02. The number of carbonyl (C=O) groups excluding carboxylic acids is 1. The third-order valence-corrected chi connectivity index (χ3v) is 3.02. The van der Waals surface area contributed by atoms with Gasteiger partial charge in [0.1, 0.15) is 5.69 Å². The number of carbonyl (C=O) groups is 1. The fraction of sp³-hybridized carbons (Fsp3) is 0.429. The SMILES string of the molecule is CC(C)(C)c1cc(NC(=O)c2cccn2CC(F)F)n[nH]1. The highest BCUT2D eigenvalue weighted by Crippen LogP contribution is 2.22. The van der Waals surface area contributed by atoms with Gasteiger partial charge in [0, 0.05) is 23.4 Å². The first-order valence-corrected chi connectivity index (χ1v) is 6.58. The lowest BCUT2D eigenvalue weighted by molar-refractivity contribution is 0.0997. The molecule has 2 rings (SSSR count). The summed E-state index contributed by atoms with van der Waals surface area (Å²) in [5.74, 6) is -0.0951. The molecule has 0 radical (unpaired) electrons. The van der Waals surface area contributed by atoms with Crippen molar-refractivity contribution in [2.75, 3.05) is 5.32 Å². The van der Waals surface area contributed by atoms with E-state index in [9.17, 15) is 13.6 Å². The topological polar surface area (TPSA) is 62.7 Å². The van der Waals surface area contributed by atoms with Crippen LogP contribution in [0.4, 0.5) is 14.6 Å². The summed E-state index contributed by atoms with van der Waals surface area (Å²) < 4.78 is 26.1. The van der Waals surface area contributed by atoms with Crippen LogP contribution in [0.1, 0.15) is 37.0 Å². The molecule has 5 nitrogen and oxygen atoms in total.